The smallest absolute Gasteiger partial charge is 0.191 e. The zero-order valence-corrected chi connectivity index (χ0v) is 18.4. The van der Waals surface area contributed by atoms with Crippen molar-refractivity contribution in [3.63, 3.8) is 0 Å². The Morgan fingerprint density at radius 2 is 1.93 bits per heavy atom. The Labute approximate surface area is 179 Å². The van der Waals surface area contributed by atoms with Gasteiger partial charge < -0.3 is 29.4 Å². The first-order chi connectivity index (χ1) is 14.7. The lowest BCUT2D eigenvalue weighted by Crippen LogP contribution is -2.41. The van der Waals surface area contributed by atoms with Crippen LogP contribution in [0.5, 0.6) is 0 Å². The summed E-state index contributed by atoms with van der Waals surface area (Å²) in [6.45, 7) is 11.2. The van der Waals surface area contributed by atoms with Gasteiger partial charge in [-0.15, -0.1) is 10.2 Å². The Kier molecular flexibility index (Phi) is 9.81. The third-order valence-electron chi connectivity index (χ3n) is 5.46. The number of morpholine rings is 1. The van der Waals surface area contributed by atoms with E-state index in [2.05, 4.69) is 25.7 Å². The van der Waals surface area contributed by atoms with Crippen LogP contribution in [0.4, 0.5) is 0 Å². The first-order valence-corrected chi connectivity index (χ1v) is 11.1. The van der Waals surface area contributed by atoms with Gasteiger partial charge in [0, 0.05) is 46.4 Å². The Hall–Kier alpha value is -1.75. The number of rotatable bonds is 11. The lowest BCUT2D eigenvalue weighted by atomic mass is 10.3. The molecule has 2 saturated heterocycles. The summed E-state index contributed by atoms with van der Waals surface area (Å²) in [6.07, 6.45) is 3.25. The van der Waals surface area contributed by atoms with Gasteiger partial charge in [-0.3, -0.25) is 4.90 Å². The minimum atomic E-state index is 0.260. The largest absolute Gasteiger partial charge is 0.379 e. The van der Waals surface area contributed by atoms with Gasteiger partial charge in [-0.2, -0.15) is 0 Å². The van der Waals surface area contributed by atoms with E-state index in [1.807, 2.05) is 18.5 Å². The van der Waals surface area contributed by atoms with E-state index in [4.69, 9.17) is 19.2 Å². The van der Waals surface area contributed by atoms with E-state index in [1.54, 1.807) is 0 Å². The number of nitrogens with one attached hydrogen (secondary N) is 2. The van der Waals surface area contributed by atoms with Crippen LogP contribution in [0.15, 0.2) is 4.99 Å². The van der Waals surface area contributed by atoms with E-state index in [1.165, 1.54) is 0 Å². The Morgan fingerprint density at radius 1 is 1.13 bits per heavy atom. The molecule has 10 nitrogen and oxygen atoms in total. The van der Waals surface area contributed by atoms with Crippen molar-refractivity contribution in [2.45, 2.75) is 38.8 Å². The van der Waals surface area contributed by atoms with Gasteiger partial charge in [0.05, 0.1) is 25.9 Å². The fourth-order valence-electron chi connectivity index (χ4n) is 3.42. The molecule has 170 valence electrons. The number of hydrogen-bond donors (Lipinski definition) is 2. The van der Waals surface area contributed by atoms with E-state index in [9.17, 15) is 0 Å². The molecule has 2 fully saturated rings. The van der Waals surface area contributed by atoms with E-state index in [0.717, 1.165) is 103 Å². The molecule has 1 aromatic heterocycles. The highest BCUT2D eigenvalue weighted by Gasteiger charge is 2.15. The van der Waals surface area contributed by atoms with Crippen molar-refractivity contribution < 1.29 is 14.2 Å². The molecule has 1 unspecified atom stereocenters. The molecule has 0 aromatic carbocycles. The van der Waals surface area contributed by atoms with Gasteiger partial charge in [-0.25, -0.2) is 4.99 Å². The molecule has 2 aliphatic heterocycles. The van der Waals surface area contributed by atoms with Crippen LogP contribution in [-0.2, 0) is 27.8 Å². The number of aryl methyl sites for hydroxylation is 1. The van der Waals surface area contributed by atoms with E-state index < -0.39 is 0 Å². The molecule has 0 bridgehead atoms. The molecule has 2 N–H and O–H groups in total. The Morgan fingerprint density at radius 3 is 2.63 bits per heavy atom. The van der Waals surface area contributed by atoms with Crippen LogP contribution in [0.1, 0.15) is 30.9 Å². The fourth-order valence-corrected chi connectivity index (χ4v) is 3.42. The molecular weight excluding hydrogens is 386 g/mol. The van der Waals surface area contributed by atoms with Gasteiger partial charge >= 0.3 is 0 Å². The molecule has 0 aliphatic carbocycles. The maximum absolute atomic E-state index is 5.84. The minimum absolute atomic E-state index is 0.260. The third kappa shape index (κ3) is 7.82. The lowest BCUT2D eigenvalue weighted by molar-refractivity contribution is 0.0376. The van der Waals surface area contributed by atoms with Gasteiger partial charge in [0.2, 0.25) is 0 Å². The maximum Gasteiger partial charge on any atom is 0.191 e. The van der Waals surface area contributed by atoms with Gasteiger partial charge in [0.1, 0.15) is 12.4 Å². The van der Waals surface area contributed by atoms with Crippen LogP contribution < -0.4 is 10.6 Å². The molecular formula is C20H37N7O3. The zero-order valence-electron chi connectivity index (χ0n) is 18.4. The summed E-state index contributed by atoms with van der Waals surface area (Å²) in [5, 5.41) is 15.2. The summed E-state index contributed by atoms with van der Waals surface area (Å²) >= 11 is 0. The van der Waals surface area contributed by atoms with Crippen molar-refractivity contribution in [1.29, 1.82) is 0 Å². The summed E-state index contributed by atoms with van der Waals surface area (Å²) in [5.74, 6) is 2.55. The second kappa shape index (κ2) is 12.8. The molecule has 0 spiro atoms. The molecule has 1 aromatic rings. The van der Waals surface area contributed by atoms with Gasteiger partial charge in [-0.1, -0.05) is 0 Å². The van der Waals surface area contributed by atoms with Crippen LogP contribution in [0.2, 0.25) is 0 Å². The quantitative estimate of drug-likeness (QED) is 0.293. The van der Waals surface area contributed by atoms with Crippen molar-refractivity contribution >= 4 is 5.96 Å². The van der Waals surface area contributed by atoms with Crippen molar-refractivity contribution in [3.05, 3.63) is 11.6 Å². The molecule has 0 radical (unpaired) electrons. The monoisotopic (exact) mass is 423 g/mol. The average Bonchev–Trinajstić information content (AvgIpc) is 3.40. The van der Waals surface area contributed by atoms with E-state index in [0.29, 0.717) is 6.54 Å². The SMILES string of the molecule is Cc1nnc(CN=C(NCCCOC2CCOC2)NCCCN2CCOCC2)n1C. The van der Waals surface area contributed by atoms with Crippen LogP contribution in [0.3, 0.4) is 0 Å². The molecule has 2 aliphatic rings. The second-order valence-corrected chi connectivity index (χ2v) is 7.76. The number of hydrogen-bond acceptors (Lipinski definition) is 7. The highest BCUT2D eigenvalue weighted by atomic mass is 16.5. The zero-order chi connectivity index (χ0) is 21.0. The first-order valence-electron chi connectivity index (χ1n) is 11.1. The number of nitrogens with zero attached hydrogens (tertiary/aromatic N) is 5. The van der Waals surface area contributed by atoms with Crippen molar-refractivity contribution in [1.82, 2.24) is 30.3 Å². The van der Waals surface area contributed by atoms with Crippen molar-refractivity contribution in [2.24, 2.45) is 12.0 Å². The van der Waals surface area contributed by atoms with E-state index >= 15 is 0 Å². The summed E-state index contributed by atoms with van der Waals surface area (Å²) < 4.78 is 18.6. The van der Waals surface area contributed by atoms with Crippen molar-refractivity contribution in [3.8, 4) is 0 Å². The Bertz CT molecular complexity index is 640. The normalized spacial score (nSPS) is 20.6. The standard InChI is InChI=1S/C20H37N7O3/c1-17-24-25-19(26(17)2)15-23-20(21-6-3-8-27-9-13-28-14-10-27)22-7-4-11-30-18-5-12-29-16-18/h18H,3-16H2,1-2H3,(H2,21,22,23). The molecule has 0 amide bonds. The topological polar surface area (TPSA) is 98.1 Å². The van der Waals surface area contributed by atoms with Crippen molar-refractivity contribution in [2.75, 3.05) is 65.8 Å². The number of aromatic nitrogens is 3. The molecule has 30 heavy (non-hydrogen) atoms. The summed E-state index contributed by atoms with van der Waals surface area (Å²) in [4.78, 5) is 7.15. The van der Waals surface area contributed by atoms with Crippen LogP contribution in [0, 0.1) is 6.92 Å². The number of ether oxygens (including phenoxy) is 3. The van der Waals surface area contributed by atoms with E-state index in [-0.39, 0.29) is 6.10 Å². The highest BCUT2D eigenvalue weighted by Crippen LogP contribution is 2.08. The Balaban J connectivity index is 1.39. The molecule has 10 heteroatoms. The summed E-state index contributed by atoms with van der Waals surface area (Å²) in [5.41, 5.74) is 0. The predicted molar refractivity (Wildman–Crippen MR) is 115 cm³/mol. The van der Waals surface area contributed by atoms with Gasteiger partial charge in [0.25, 0.3) is 0 Å². The molecule has 3 heterocycles. The molecule has 3 rings (SSSR count). The molecule has 1 atom stereocenters. The summed E-state index contributed by atoms with van der Waals surface area (Å²) in [6, 6.07) is 0. The lowest BCUT2D eigenvalue weighted by Gasteiger charge is -2.26. The van der Waals surface area contributed by atoms with Crippen LogP contribution >= 0.6 is 0 Å². The van der Waals surface area contributed by atoms with Gasteiger partial charge in [-0.05, 0) is 32.7 Å². The second-order valence-electron chi connectivity index (χ2n) is 7.76. The third-order valence-corrected chi connectivity index (χ3v) is 5.46. The molecule has 0 saturated carbocycles. The minimum Gasteiger partial charge on any atom is -0.379 e. The van der Waals surface area contributed by atoms with Gasteiger partial charge in [0.15, 0.2) is 11.8 Å². The number of aliphatic imine (C=N–C) groups is 1. The maximum atomic E-state index is 5.84. The first kappa shape index (κ1) is 22.9. The highest BCUT2D eigenvalue weighted by molar-refractivity contribution is 5.79. The van der Waals surface area contributed by atoms with Crippen LogP contribution in [0.25, 0.3) is 0 Å². The number of guanidine groups is 1. The van der Waals surface area contributed by atoms with Crippen LogP contribution in [-0.4, -0.2) is 97.5 Å². The predicted octanol–water partition coefficient (Wildman–Crippen LogP) is 0.0766. The summed E-state index contributed by atoms with van der Waals surface area (Å²) in [7, 11) is 1.97. The fraction of sp³-hybridized carbons (Fsp3) is 0.850. The average molecular weight is 424 g/mol.